The van der Waals surface area contributed by atoms with Crippen molar-refractivity contribution in [1.82, 2.24) is 0 Å². The van der Waals surface area contributed by atoms with Crippen LogP contribution in [0.2, 0.25) is 0 Å². The van der Waals surface area contributed by atoms with Crippen molar-refractivity contribution >= 4 is 19.4 Å². The van der Waals surface area contributed by atoms with Gasteiger partial charge in [0.15, 0.2) is 0 Å². The van der Waals surface area contributed by atoms with Crippen LogP contribution in [0.4, 0.5) is 0 Å². The van der Waals surface area contributed by atoms with Gasteiger partial charge in [-0.05, 0) is 15.8 Å². The van der Waals surface area contributed by atoms with Crippen molar-refractivity contribution in [3.8, 4) is 12.0 Å². The SMILES string of the molecule is CC(C)(C)CC#CO[SiH](c1ccccc1)c1ccccc1. The van der Waals surface area contributed by atoms with E-state index in [-0.39, 0.29) is 5.41 Å². The maximum Gasteiger partial charge on any atom is 0.311 e. The monoisotopic (exact) mass is 294 g/mol. The predicted molar refractivity (Wildman–Crippen MR) is 92.2 cm³/mol. The summed E-state index contributed by atoms with van der Waals surface area (Å²) in [6.45, 7) is 6.56. The Morgan fingerprint density at radius 1 is 0.857 bits per heavy atom. The van der Waals surface area contributed by atoms with Crippen molar-refractivity contribution < 1.29 is 4.43 Å². The molecule has 21 heavy (non-hydrogen) atoms. The summed E-state index contributed by atoms with van der Waals surface area (Å²) in [5.74, 6) is 3.16. The molecule has 108 valence electrons. The Bertz CT molecular complexity index is 563. The molecule has 0 aromatic heterocycles. The van der Waals surface area contributed by atoms with Gasteiger partial charge in [0.25, 0.3) is 0 Å². The summed E-state index contributed by atoms with van der Waals surface area (Å²) in [4.78, 5) is 0. The van der Waals surface area contributed by atoms with Crippen LogP contribution in [-0.4, -0.2) is 9.04 Å². The minimum Gasteiger partial charge on any atom is -0.493 e. The lowest BCUT2D eigenvalue weighted by molar-refractivity contribution is 0.425. The fourth-order valence-electron chi connectivity index (χ4n) is 1.99. The molecule has 1 nitrogen and oxygen atoms in total. The molecule has 0 aliphatic carbocycles. The van der Waals surface area contributed by atoms with Crippen LogP contribution >= 0.6 is 0 Å². The van der Waals surface area contributed by atoms with Crippen molar-refractivity contribution in [2.45, 2.75) is 27.2 Å². The molecule has 2 heteroatoms. The second-order valence-corrected chi connectivity index (χ2v) is 8.66. The number of rotatable bonds is 3. The van der Waals surface area contributed by atoms with Crippen molar-refractivity contribution in [2.24, 2.45) is 5.41 Å². The lowest BCUT2D eigenvalue weighted by Crippen LogP contribution is -2.43. The zero-order valence-corrected chi connectivity index (χ0v) is 14.1. The molecule has 0 unspecified atom stereocenters. The zero-order valence-electron chi connectivity index (χ0n) is 13.0. The molecule has 0 heterocycles. The molecule has 0 radical (unpaired) electrons. The minimum absolute atomic E-state index is 0.215. The summed E-state index contributed by atoms with van der Waals surface area (Å²) in [6, 6.07) is 20.8. The topological polar surface area (TPSA) is 9.23 Å². The van der Waals surface area contributed by atoms with Crippen LogP contribution in [0.5, 0.6) is 0 Å². The molecule has 2 aromatic carbocycles. The van der Waals surface area contributed by atoms with E-state index >= 15 is 0 Å². The highest BCUT2D eigenvalue weighted by Crippen LogP contribution is 2.16. The van der Waals surface area contributed by atoms with Crippen LogP contribution < -0.4 is 10.4 Å². The Labute approximate surface area is 129 Å². The highest BCUT2D eigenvalue weighted by Gasteiger charge is 2.18. The van der Waals surface area contributed by atoms with Crippen molar-refractivity contribution in [1.29, 1.82) is 0 Å². The van der Waals surface area contributed by atoms with E-state index in [1.165, 1.54) is 10.4 Å². The molecular weight excluding hydrogens is 272 g/mol. The number of hydrogen-bond donors (Lipinski definition) is 0. The summed E-state index contributed by atoms with van der Waals surface area (Å²) < 4.78 is 5.99. The summed E-state index contributed by atoms with van der Waals surface area (Å²) >= 11 is 0. The van der Waals surface area contributed by atoms with Crippen LogP contribution in [-0.2, 0) is 4.43 Å². The average Bonchev–Trinajstić information content (AvgIpc) is 2.48. The zero-order chi connectivity index (χ0) is 15.1. The second-order valence-electron chi connectivity index (χ2n) is 6.34. The fourth-order valence-corrected chi connectivity index (χ4v) is 3.99. The molecule has 0 N–H and O–H groups in total. The number of hydrogen-bond acceptors (Lipinski definition) is 1. The Hall–Kier alpha value is -1.98. The van der Waals surface area contributed by atoms with Gasteiger partial charge in [-0.25, -0.2) is 0 Å². The van der Waals surface area contributed by atoms with Gasteiger partial charge in [0.1, 0.15) is 0 Å². The van der Waals surface area contributed by atoms with E-state index in [1.54, 1.807) is 0 Å². The smallest absolute Gasteiger partial charge is 0.311 e. The van der Waals surface area contributed by atoms with Gasteiger partial charge >= 0.3 is 9.04 Å². The first-order chi connectivity index (χ1) is 10.1. The molecule has 0 aliphatic heterocycles. The van der Waals surface area contributed by atoms with Gasteiger partial charge in [-0.3, -0.25) is 0 Å². The molecule has 2 aromatic rings. The van der Waals surface area contributed by atoms with Crippen LogP contribution in [0.1, 0.15) is 27.2 Å². The first-order valence-electron chi connectivity index (χ1n) is 7.30. The fraction of sp³-hybridized carbons (Fsp3) is 0.263. The van der Waals surface area contributed by atoms with Crippen LogP contribution in [0, 0.1) is 17.4 Å². The van der Waals surface area contributed by atoms with E-state index in [4.69, 9.17) is 4.43 Å². The normalized spacial score (nSPS) is 10.9. The van der Waals surface area contributed by atoms with E-state index in [0.29, 0.717) is 0 Å². The highest BCUT2D eigenvalue weighted by atomic mass is 28.3. The van der Waals surface area contributed by atoms with Gasteiger partial charge < -0.3 is 4.43 Å². The maximum absolute atomic E-state index is 5.99. The molecule has 0 bridgehead atoms. The highest BCUT2D eigenvalue weighted by molar-refractivity contribution is 6.80. The van der Waals surface area contributed by atoms with Gasteiger partial charge in [0.2, 0.25) is 0 Å². The second kappa shape index (κ2) is 7.15. The molecule has 0 amide bonds. The maximum atomic E-state index is 5.99. The third kappa shape index (κ3) is 5.13. The van der Waals surface area contributed by atoms with Gasteiger partial charge in [0.05, 0.1) is 6.11 Å². The van der Waals surface area contributed by atoms with Crippen LogP contribution in [0.3, 0.4) is 0 Å². The molecule has 0 fully saturated rings. The molecule has 0 aliphatic rings. The summed E-state index contributed by atoms with van der Waals surface area (Å²) in [5.41, 5.74) is 0.215. The van der Waals surface area contributed by atoms with Crippen LogP contribution in [0.15, 0.2) is 60.7 Å². The largest absolute Gasteiger partial charge is 0.493 e. The van der Waals surface area contributed by atoms with Gasteiger partial charge in [-0.2, -0.15) is 0 Å². The summed E-state index contributed by atoms with van der Waals surface area (Å²) in [6.07, 6.45) is 3.80. The lowest BCUT2D eigenvalue weighted by Gasteiger charge is -2.15. The molecule has 0 saturated heterocycles. The summed E-state index contributed by atoms with van der Waals surface area (Å²) in [5, 5.41) is 2.52. The van der Waals surface area contributed by atoms with Gasteiger partial charge in [-0.15, -0.1) is 0 Å². The van der Waals surface area contributed by atoms with Crippen LogP contribution in [0.25, 0.3) is 0 Å². The van der Waals surface area contributed by atoms with Gasteiger partial charge in [-0.1, -0.05) is 87.4 Å². The molecule has 0 atom stereocenters. The van der Waals surface area contributed by atoms with Gasteiger partial charge in [0, 0.05) is 6.42 Å². The van der Waals surface area contributed by atoms with E-state index < -0.39 is 9.04 Å². The number of benzene rings is 2. The Balaban J connectivity index is 2.18. The molecule has 0 spiro atoms. The predicted octanol–water partition coefficient (Wildman–Crippen LogP) is 2.94. The Morgan fingerprint density at radius 2 is 1.33 bits per heavy atom. The van der Waals surface area contributed by atoms with E-state index in [2.05, 4.69) is 81.3 Å². The first-order valence-corrected chi connectivity index (χ1v) is 8.92. The lowest BCUT2D eigenvalue weighted by atomic mass is 9.93. The van der Waals surface area contributed by atoms with E-state index in [9.17, 15) is 0 Å². The van der Waals surface area contributed by atoms with E-state index in [1.807, 2.05) is 12.1 Å². The molecular formula is C19H22OSi. The Morgan fingerprint density at radius 3 is 1.76 bits per heavy atom. The van der Waals surface area contributed by atoms with Crippen molar-refractivity contribution in [2.75, 3.05) is 0 Å². The van der Waals surface area contributed by atoms with Crippen molar-refractivity contribution in [3.05, 3.63) is 60.7 Å². The van der Waals surface area contributed by atoms with E-state index in [0.717, 1.165) is 6.42 Å². The quantitative estimate of drug-likeness (QED) is 0.625. The third-order valence-electron chi connectivity index (χ3n) is 3.07. The van der Waals surface area contributed by atoms with Crippen molar-refractivity contribution in [3.63, 3.8) is 0 Å². The standard InChI is InChI=1S/C19H22OSi/c1-19(2,3)15-10-16-20-21(17-11-6-4-7-12-17)18-13-8-5-9-14-18/h4-9,11-14,21H,15H2,1-3H3. The molecule has 2 rings (SSSR count). The first kappa shape index (κ1) is 15.4. The third-order valence-corrected chi connectivity index (χ3v) is 5.41. The summed E-state index contributed by atoms with van der Waals surface area (Å²) in [7, 11) is -1.71. The minimum atomic E-state index is -1.71. The Kier molecular flexibility index (Phi) is 5.24. The molecule has 0 saturated carbocycles. The average molecular weight is 294 g/mol.